The Balaban J connectivity index is 1.50. The number of piperazine rings is 1. The summed E-state index contributed by atoms with van der Waals surface area (Å²) in [6.07, 6.45) is -0.425. The Morgan fingerprint density at radius 1 is 0.933 bits per heavy atom. The van der Waals surface area contributed by atoms with E-state index in [2.05, 4.69) is 0 Å². The van der Waals surface area contributed by atoms with Gasteiger partial charge in [0.2, 0.25) is 0 Å². The van der Waals surface area contributed by atoms with E-state index in [0.29, 0.717) is 26.2 Å². The summed E-state index contributed by atoms with van der Waals surface area (Å²) in [5, 5.41) is 0. The van der Waals surface area contributed by atoms with Crippen molar-refractivity contribution in [3.8, 4) is 0 Å². The zero-order valence-corrected chi connectivity index (χ0v) is 16.8. The van der Waals surface area contributed by atoms with Crippen LogP contribution in [0.15, 0.2) is 24.3 Å². The fourth-order valence-corrected chi connectivity index (χ4v) is 3.36. The second-order valence-electron chi connectivity index (χ2n) is 6.88. The van der Waals surface area contributed by atoms with Crippen molar-refractivity contribution in [2.75, 3.05) is 39.4 Å². The monoisotopic (exact) mass is 417 g/mol. The molecule has 0 aliphatic carbocycles. The lowest BCUT2D eigenvalue weighted by Gasteiger charge is -2.34. The van der Waals surface area contributed by atoms with Crippen LogP contribution >= 0.6 is 0 Å². The molecule has 3 rings (SSSR count). The number of amides is 4. The topological polar surface area (TPSA) is 114 Å². The van der Waals surface area contributed by atoms with Gasteiger partial charge in [-0.3, -0.25) is 19.3 Å². The van der Waals surface area contributed by atoms with Crippen molar-refractivity contribution >= 4 is 29.8 Å². The van der Waals surface area contributed by atoms with Crippen LogP contribution in [0.1, 0.15) is 34.6 Å². The number of ether oxygens (including phenoxy) is 2. The van der Waals surface area contributed by atoms with Gasteiger partial charge in [-0.15, -0.1) is 0 Å². The molecule has 10 heteroatoms. The summed E-state index contributed by atoms with van der Waals surface area (Å²) in [5.74, 6) is -2.40. The van der Waals surface area contributed by atoms with E-state index in [1.54, 1.807) is 19.1 Å². The van der Waals surface area contributed by atoms with Gasteiger partial charge in [0.05, 0.1) is 17.7 Å². The number of carbonyl (C=O) groups is 5. The molecule has 160 valence electrons. The largest absolute Gasteiger partial charge is 0.454 e. The molecule has 1 fully saturated rings. The normalized spacial score (nSPS) is 16.9. The predicted molar refractivity (Wildman–Crippen MR) is 103 cm³/mol. The molecule has 0 unspecified atom stereocenters. The first-order valence-electron chi connectivity index (χ1n) is 9.68. The van der Waals surface area contributed by atoms with Crippen molar-refractivity contribution in [3.63, 3.8) is 0 Å². The maximum atomic E-state index is 12.5. The summed E-state index contributed by atoms with van der Waals surface area (Å²) in [5.41, 5.74) is 0.468. The number of rotatable bonds is 5. The maximum absolute atomic E-state index is 12.5. The van der Waals surface area contributed by atoms with Gasteiger partial charge in [0, 0.05) is 26.2 Å². The van der Waals surface area contributed by atoms with Crippen LogP contribution in [-0.2, 0) is 19.1 Å². The van der Waals surface area contributed by atoms with Gasteiger partial charge in [-0.2, -0.15) is 0 Å². The third-order valence-corrected chi connectivity index (χ3v) is 5.05. The van der Waals surface area contributed by atoms with Gasteiger partial charge in [-0.25, -0.2) is 9.59 Å². The lowest BCUT2D eigenvalue weighted by atomic mass is 10.1. The second kappa shape index (κ2) is 8.93. The number of fused-ring (bicyclic) bond motifs is 1. The Bertz CT molecular complexity index is 842. The fraction of sp³-hybridized carbons (Fsp3) is 0.450. The number of imide groups is 1. The Kier molecular flexibility index (Phi) is 6.34. The average Bonchev–Trinajstić information content (AvgIpc) is 3.02. The van der Waals surface area contributed by atoms with E-state index in [1.807, 2.05) is 0 Å². The highest BCUT2D eigenvalue weighted by molar-refractivity contribution is 6.22. The Morgan fingerprint density at radius 2 is 1.47 bits per heavy atom. The molecule has 30 heavy (non-hydrogen) atoms. The van der Waals surface area contributed by atoms with E-state index in [0.717, 1.165) is 4.90 Å². The summed E-state index contributed by atoms with van der Waals surface area (Å²) in [6, 6.07) is 5.15. The van der Waals surface area contributed by atoms with Crippen LogP contribution < -0.4 is 0 Å². The number of nitrogens with zero attached hydrogens (tertiary/aromatic N) is 3. The number of carbonyl (C=O) groups excluding carboxylic acids is 5. The first-order chi connectivity index (χ1) is 14.3. The number of hydrogen-bond donors (Lipinski definition) is 0. The van der Waals surface area contributed by atoms with E-state index >= 15 is 0 Å². The first kappa shape index (κ1) is 21.3. The van der Waals surface area contributed by atoms with Gasteiger partial charge in [0.25, 0.3) is 17.7 Å². The van der Waals surface area contributed by atoms with Crippen LogP contribution in [0.3, 0.4) is 0 Å². The minimum Gasteiger partial charge on any atom is -0.454 e. The molecule has 2 aliphatic rings. The Morgan fingerprint density at radius 3 is 2.00 bits per heavy atom. The summed E-state index contributed by atoms with van der Waals surface area (Å²) in [7, 11) is 0. The lowest BCUT2D eigenvalue weighted by molar-refractivity contribution is -0.155. The van der Waals surface area contributed by atoms with Crippen LogP contribution in [0.2, 0.25) is 0 Å². The van der Waals surface area contributed by atoms with Gasteiger partial charge in [-0.05, 0) is 26.0 Å². The Hall–Kier alpha value is -3.43. The zero-order chi connectivity index (χ0) is 21.8. The van der Waals surface area contributed by atoms with Crippen molar-refractivity contribution < 1.29 is 33.4 Å². The standard InChI is InChI=1S/C20H23N3O7/c1-3-29-20(28)22-10-8-21(9-11-22)16(24)12-30-19(27)13(2)23-17(25)14-6-4-5-7-15(14)18(23)26/h4-7,13H,3,8-12H2,1-2H3/t13-/m0/s1. The molecular weight excluding hydrogens is 394 g/mol. The smallest absolute Gasteiger partial charge is 0.409 e. The minimum absolute atomic E-state index is 0.234. The first-order valence-corrected chi connectivity index (χ1v) is 9.68. The highest BCUT2D eigenvalue weighted by Gasteiger charge is 2.41. The molecule has 0 aromatic heterocycles. The summed E-state index contributed by atoms with van der Waals surface area (Å²) >= 11 is 0. The predicted octanol–water partition coefficient (Wildman–Crippen LogP) is 0.515. The van der Waals surface area contributed by atoms with Crippen LogP contribution in [0.25, 0.3) is 0 Å². The highest BCUT2D eigenvalue weighted by atomic mass is 16.6. The van der Waals surface area contributed by atoms with Crippen molar-refractivity contribution in [2.24, 2.45) is 0 Å². The minimum atomic E-state index is -1.16. The fourth-order valence-electron chi connectivity index (χ4n) is 3.36. The molecule has 0 spiro atoms. The molecule has 2 heterocycles. The van der Waals surface area contributed by atoms with Crippen LogP contribution in [0, 0.1) is 0 Å². The van der Waals surface area contributed by atoms with E-state index in [4.69, 9.17) is 9.47 Å². The Labute approximate surface area is 173 Å². The van der Waals surface area contributed by atoms with E-state index < -0.39 is 42.4 Å². The van der Waals surface area contributed by atoms with Gasteiger partial charge in [0.15, 0.2) is 6.61 Å². The van der Waals surface area contributed by atoms with Gasteiger partial charge >= 0.3 is 12.1 Å². The maximum Gasteiger partial charge on any atom is 0.409 e. The van der Waals surface area contributed by atoms with Gasteiger partial charge in [-0.1, -0.05) is 12.1 Å². The second-order valence-corrected chi connectivity index (χ2v) is 6.88. The molecule has 0 saturated carbocycles. The van der Waals surface area contributed by atoms with Crippen LogP contribution in [-0.4, -0.2) is 89.9 Å². The van der Waals surface area contributed by atoms with Crippen LogP contribution in [0.5, 0.6) is 0 Å². The summed E-state index contributed by atoms with van der Waals surface area (Å²) in [6.45, 7) is 4.10. The molecule has 0 bridgehead atoms. The third-order valence-electron chi connectivity index (χ3n) is 5.05. The molecule has 1 saturated heterocycles. The van der Waals surface area contributed by atoms with E-state index in [-0.39, 0.29) is 17.7 Å². The molecule has 1 aromatic carbocycles. The quantitative estimate of drug-likeness (QED) is 0.507. The average molecular weight is 417 g/mol. The van der Waals surface area contributed by atoms with Gasteiger partial charge < -0.3 is 19.3 Å². The molecule has 4 amide bonds. The van der Waals surface area contributed by atoms with E-state index in [9.17, 15) is 24.0 Å². The SMILES string of the molecule is CCOC(=O)N1CCN(C(=O)COC(=O)[C@H](C)N2C(=O)c3ccccc3C2=O)CC1. The number of esters is 1. The summed E-state index contributed by atoms with van der Waals surface area (Å²) < 4.78 is 9.98. The van der Waals surface area contributed by atoms with Crippen molar-refractivity contribution in [1.82, 2.24) is 14.7 Å². The molecule has 2 aliphatic heterocycles. The molecule has 0 N–H and O–H groups in total. The number of hydrogen-bond acceptors (Lipinski definition) is 7. The number of benzene rings is 1. The molecular formula is C20H23N3O7. The van der Waals surface area contributed by atoms with E-state index in [1.165, 1.54) is 28.9 Å². The van der Waals surface area contributed by atoms with Gasteiger partial charge in [0.1, 0.15) is 6.04 Å². The van der Waals surface area contributed by atoms with Crippen molar-refractivity contribution in [3.05, 3.63) is 35.4 Å². The molecule has 10 nitrogen and oxygen atoms in total. The lowest BCUT2D eigenvalue weighted by Crippen LogP contribution is -2.52. The molecule has 1 atom stereocenters. The van der Waals surface area contributed by atoms with Crippen molar-refractivity contribution in [2.45, 2.75) is 19.9 Å². The molecule has 1 aromatic rings. The third kappa shape index (κ3) is 4.12. The summed E-state index contributed by atoms with van der Waals surface area (Å²) in [4.78, 5) is 65.1. The highest BCUT2D eigenvalue weighted by Crippen LogP contribution is 2.24. The molecule has 0 radical (unpaired) electrons. The van der Waals surface area contributed by atoms with Crippen molar-refractivity contribution in [1.29, 1.82) is 0 Å². The zero-order valence-electron chi connectivity index (χ0n) is 16.8. The van der Waals surface area contributed by atoms with Crippen LogP contribution in [0.4, 0.5) is 4.79 Å².